The van der Waals surface area contributed by atoms with Crippen LogP contribution in [0.4, 0.5) is 13.6 Å². The zero-order chi connectivity index (χ0) is 20.5. The summed E-state index contributed by atoms with van der Waals surface area (Å²) in [7, 11) is 0. The molecular weight excluding hydrogens is 376 g/mol. The molecule has 0 aromatic heterocycles. The fourth-order valence-corrected chi connectivity index (χ4v) is 3.06. The predicted octanol–water partition coefficient (Wildman–Crippen LogP) is 4.92. The molecule has 152 valence electrons. The van der Waals surface area contributed by atoms with E-state index in [9.17, 15) is 13.6 Å². The van der Waals surface area contributed by atoms with Gasteiger partial charge in [-0.2, -0.15) is 0 Å². The summed E-state index contributed by atoms with van der Waals surface area (Å²) in [6.45, 7) is 0.334. The number of halogens is 2. The average molecular weight is 399 g/mol. The smallest absolute Gasteiger partial charge is 0.408 e. The van der Waals surface area contributed by atoms with Gasteiger partial charge in [0.25, 0.3) is 0 Å². The third kappa shape index (κ3) is 6.79. The SMILES string of the molecule is O=C(NC1CCC(F)(F)CC1)OCC#Cc1ccccc1OCc1ccccc1. The fraction of sp³-hybridized carbons (Fsp3) is 0.348. The van der Waals surface area contributed by atoms with Crippen LogP contribution in [0.1, 0.15) is 36.8 Å². The van der Waals surface area contributed by atoms with E-state index in [0.29, 0.717) is 17.9 Å². The number of ether oxygens (including phenoxy) is 2. The van der Waals surface area contributed by atoms with Crippen LogP contribution in [-0.2, 0) is 11.3 Å². The highest BCUT2D eigenvalue weighted by Gasteiger charge is 2.35. The second-order valence-corrected chi connectivity index (χ2v) is 6.92. The number of nitrogens with one attached hydrogen (secondary N) is 1. The summed E-state index contributed by atoms with van der Waals surface area (Å²) in [6, 6.07) is 16.9. The van der Waals surface area contributed by atoms with Crippen molar-refractivity contribution in [2.75, 3.05) is 6.61 Å². The molecule has 4 nitrogen and oxygen atoms in total. The van der Waals surface area contributed by atoms with E-state index in [-0.39, 0.29) is 38.3 Å². The summed E-state index contributed by atoms with van der Waals surface area (Å²) < 4.78 is 37.1. The first-order valence-electron chi connectivity index (χ1n) is 9.58. The molecule has 1 amide bonds. The Morgan fingerprint density at radius 2 is 1.76 bits per heavy atom. The normalized spacial score (nSPS) is 15.7. The zero-order valence-electron chi connectivity index (χ0n) is 16.0. The van der Waals surface area contributed by atoms with Crippen LogP contribution in [0.2, 0.25) is 0 Å². The van der Waals surface area contributed by atoms with E-state index in [1.165, 1.54) is 0 Å². The molecule has 1 saturated carbocycles. The van der Waals surface area contributed by atoms with Gasteiger partial charge in [-0.15, -0.1) is 0 Å². The van der Waals surface area contributed by atoms with E-state index in [4.69, 9.17) is 9.47 Å². The Hall–Kier alpha value is -3.07. The Bertz CT molecular complexity index is 864. The quantitative estimate of drug-likeness (QED) is 0.726. The first-order chi connectivity index (χ1) is 14.0. The molecule has 0 bridgehead atoms. The Morgan fingerprint density at radius 3 is 2.52 bits per heavy atom. The Kier molecular flexibility index (Phi) is 7.07. The van der Waals surface area contributed by atoms with Gasteiger partial charge in [0.2, 0.25) is 5.92 Å². The number of alkyl halides is 2. The van der Waals surface area contributed by atoms with Crippen molar-refractivity contribution in [2.24, 2.45) is 0 Å². The lowest BCUT2D eigenvalue weighted by Gasteiger charge is -2.28. The molecule has 1 N–H and O–H groups in total. The summed E-state index contributed by atoms with van der Waals surface area (Å²) in [5.74, 6) is 3.76. The maximum Gasteiger partial charge on any atom is 0.408 e. The van der Waals surface area contributed by atoms with E-state index >= 15 is 0 Å². The number of benzene rings is 2. The molecule has 1 aliphatic rings. The topological polar surface area (TPSA) is 47.6 Å². The molecule has 6 heteroatoms. The minimum Gasteiger partial charge on any atom is -0.488 e. The van der Waals surface area contributed by atoms with Crippen LogP contribution >= 0.6 is 0 Å². The molecule has 0 heterocycles. The van der Waals surface area contributed by atoms with Crippen molar-refractivity contribution >= 4 is 6.09 Å². The van der Waals surface area contributed by atoms with Gasteiger partial charge in [-0.25, -0.2) is 13.6 Å². The number of carbonyl (C=O) groups is 1. The lowest BCUT2D eigenvalue weighted by atomic mass is 9.92. The number of alkyl carbamates (subject to hydrolysis) is 1. The van der Waals surface area contributed by atoms with Crippen molar-refractivity contribution in [1.29, 1.82) is 0 Å². The molecule has 0 aliphatic heterocycles. The van der Waals surface area contributed by atoms with E-state index in [1.807, 2.05) is 54.6 Å². The van der Waals surface area contributed by atoms with Crippen molar-refractivity contribution in [1.82, 2.24) is 5.32 Å². The molecule has 2 aromatic carbocycles. The molecule has 0 unspecified atom stereocenters. The highest BCUT2D eigenvalue weighted by atomic mass is 19.3. The lowest BCUT2D eigenvalue weighted by molar-refractivity contribution is -0.0402. The third-order valence-electron chi connectivity index (χ3n) is 4.66. The van der Waals surface area contributed by atoms with Crippen molar-refractivity contribution in [3.63, 3.8) is 0 Å². The molecular formula is C23H23F2NO3. The van der Waals surface area contributed by atoms with E-state index in [2.05, 4.69) is 17.2 Å². The van der Waals surface area contributed by atoms with Crippen molar-refractivity contribution in [3.8, 4) is 17.6 Å². The Labute approximate surface area is 169 Å². The van der Waals surface area contributed by atoms with E-state index in [0.717, 1.165) is 5.56 Å². The number of hydrogen-bond donors (Lipinski definition) is 1. The monoisotopic (exact) mass is 399 g/mol. The molecule has 1 fully saturated rings. The molecule has 0 radical (unpaired) electrons. The van der Waals surface area contributed by atoms with Crippen LogP contribution in [0.15, 0.2) is 54.6 Å². The summed E-state index contributed by atoms with van der Waals surface area (Å²) in [5.41, 5.74) is 1.75. The molecule has 29 heavy (non-hydrogen) atoms. The van der Waals surface area contributed by atoms with Gasteiger partial charge >= 0.3 is 6.09 Å². The fourth-order valence-electron chi connectivity index (χ4n) is 3.06. The standard InChI is InChI=1S/C23H23F2NO3/c24-23(25)14-12-20(13-15-23)26-22(27)28-16-6-10-19-9-4-5-11-21(19)29-17-18-7-2-1-3-8-18/h1-5,7-9,11,20H,12-17H2,(H,26,27). The highest BCUT2D eigenvalue weighted by Crippen LogP contribution is 2.32. The zero-order valence-corrected chi connectivity index (χ0v) is 16.0. The number of carbonyl (C=O) groups excluding carboxylic acids is 1. The summed E-state index contributed by atoms with van der Waals surface area (Å²) in [6.07, 6.45) is -0.558. The van der Waals surface area contributed by atoms with E-state index < -0.39 is 12.0 Å². The van der Waals surface area contributed by atoms with Gasteiger partial charge in [-0.05, 0) is 30.5 Å². The first kappa shape index (κ1) is 20.7. The van der Waals surface area contributed by atoms with Gasteiger partial charge in [0.15, 0.2) is 6.61 Å². The lowest BCUT2D eigenvalue weighted by Crippen LogP contribution is -2.40. The molecule has 0 saturated heterocycles. The number of amides is 1. The maximum absolute atomic E-state index is 13.1. The highest BCUT2D eigenvalue weighted by molar-refractivity contribution is 5.67. The largest absolute Gasteiger partial charge is 0.488 e. The Morgan fingerprint density at radius 1 is 1.07 bits per heavy atom. The minimum atomic E-state index is -2.62. The molecule has 3 rings (SSSR count). The number of hydrogen-bond acceptors (Lipinski definition) is 3. The average Bonchev–Trinajstić information content (AvgIpc) is 2.73. The van der Waals surface area contributed by atoms with Gasteiger partial charge in [0.1, 0.15) is 12.4 Å². The summed E-state index contributed by atoms with van der Waals surface area (Å²) in [5, 5.41) is 2.62. The number of para-hydroxylation sites is 1. The first-order valence-corrected chi connectivity index (χ1v) is 9.58. The van der Waals surface area contributed by atoms with Crippen LogP contribution < -0.4 is 10.1 Å². The maximum atomic E-state index is 13.1. The Balaban J connectivity index is 1.46. The van der Waals surface area contributed by atoms with Gasteiger partial charge in [-0.1, -0.05) is 54.3 Å². The van der Waals surface area contributed by atoms with Crippen LogP contribution in [0.3, 0.4) is 0 Å². The molecule has 0 spiro atoms. The summed E-state index contributed by atoms with van der Waals surface area (Å²) in [4.78, 5) is 11.8. The minimum absolute atomic E-state index is 0.0955. The van der Waals surface area contributed by atoms with Crippen molar-refractivity contribution in [2.45, 2.75) is 44.3 Å². The van der Waals surface area contributed by atoms with Gasteiger partial charge in [-0.3, -0.25) is 0 Å². The molecule has 0 atom stereocenters. The van der Waals surface area contributed by atoms with Crippen LogP contribution in [-0.4, -0.2) is 24.7 Å². The van der Waals surface area contributed by atoms with Crippen LogP contribution in [0, 0.1) is 11.8 Å². The predicted molar refractivity (Wildman–Crippen MR) is 106 cm³/mol. The third-order valence-corrected chi connectivity index (χ3v) is 4.66. The second-order valence-electron chi connectivity index (χ2n) is 6.92. The molecule has 1 aliphatic carbocycles. The van der Waals surface area contributed by atoms with E-state index in [1.54, 1.807) is 0 Å². The van der Waals surface area contributed by atoms with Crippen LogP contribution in [0.25, 0.3) is 0 Å². The summed E-state index contributed by atoms with van der Waals surface area (Å²) >= 11 is 0. The van der Waals surface area contributed by atoms with Gasteiger partial charge in [0.05, 0.1) is 5.56 Å². The molecule has 2 aromatic rings. The van der Waals surface area contributed by atoms with Crippen LogP contribution in [0.5, 0.6) is 5.75 Å². The van der Waals surface area contributed by atoms with Gasteiger partial charge < -0.3 is 14.8 Å². The second kappa shape index (κ2) is 9.92. The number of rotatable bonds is 5. The van der Waals surface area contributed by atoms with Gasteiger partial charge in [0, 0.05) is 18.9 Å². The van der Waals surface area contributed by atoms with Crippen molar-refractivity contribution < 1.29 is 23.0 Å². The van der Waals surface area contributed by atoms with Crippen molar-refractivity contribution in [3.05, 3.63) is 65.7 Å².